The first-order chi connectivity index (χ1) is 16.3. The average molecular weight is 487 g/mol. The highest BCUT2D eigenvalue weighted by molar-refractivity contribution is 7.91. The van der Waals surface area contributed by atoms with Crippen LogP contribution in [0.15, 0.2) is 47.1 Å². The molecule has 1 aliphatic carbocycles. The van der Waals surface area contributed by atoms with Crippen LogP contribution in [-0.2, 0) is 21.2 Å². The number of amides is 1. The third kappa shape index (κ3) is 6.30. The van der Waals surface area contributed by atoms with Gasteiger partial charge in [-0.2, -0.15) is 0 Å². The third-order valence-corrected chi connectivity index (χ3v) is 9.14. The van der Waals surface area contributed by atoms with Crippen LogP contribution in [0.1, 0.15) is 81.2 Å². The zero-order valence-electron chi connectivity index (χ0n) is 20.4. The summed E-state index contributed by atoms with van der Waals surface area (Å²) in [5, 5.41) is 3.47. The summed E-state index contributed by atoms with van der Waals surface area (Å²) in [5.74, 6) is 1.70. The Bertz CT molecular complexity index is 1030. The van der Waals surface area contributed by atoms with Gasteiger partial charge in [-0.25, -0.2) is 8.42 Å². The Morgan fingerprint density at radius 1 is 1.09 bits per heavy atom. The topological polar surface area (TPSA) is 79.6 Å². The molecule has 1 saturated carbocycles. The van der Waals surface area contributed by atoms with Crippen LogP contribution in [-0.4, -0.2) is 43.3 Å². The molecule has 1 saturated heterocycles. The molecule has 2 unspecified atom stereocenters. The molecule has 2 aliphatic rings. The second-order valence-corrected chi connectivity index (χ2v) is 12.5. The predicted molar refractivity (Wildman–Crippen MR) is 134 cm³/mol. The lowest BCUT2D eigenvalue weighted by atomic mass is 9.83. The Kier molecular flexibility index (Phi) is 8.14. The molecule has 34 heavy (non-hydrogen) atoms. The highest BCUT2D eigenvalue weighted by atomic mass is 32.2. The molecule has 186 valence electrons. The van der Waals surface area contributed by atoms with Gasteiger partial charge in [0.15, 0.2) is 9.84 Å². The second-order valence-electron chi connectivity index (χ2n) is 10.3. The van der Waals surface area contributed by atoms with E-state index in [2.05, 4.69) is 43.4 Å². The predicted octanol–water partition coefficient (Wildman–Crippen LogP) is 4.83. The molecular formula is C27H38N2O4S. The lowest BCUT2D eigenvalue weighted by molar-refractivity contribution is -0.133. The van der Waals surface area contributed by atoms with Gasteiger partial charge in [-0.15, -0.1) is 0 Å². The monoisotopic (exact) mass is 486 g/mol. The summed E-state index contributed by atoms with van der Waals surface area (Å²) in [4.78, 5) is 15.0. The van der Waals surface area contributed by atoms with Crippen molar-refractivity contribution in [2.75, 3.05) is 18.1 Å². The van der Waals surface area contributed by atoms with Crippen molar-refractivity contribution in [1.82, 2.24) is 10.2 Å². The average Bonchev–Trinajstić information content (AvgIpc) is 3.47. The number of hydrogen-bond acceptors (Lipinski definition) is 5. The number of carbonyl (C=O) groups excluding carboxylic acids is 1. The van der Waals surface area contributed by atoms with E-state index in [1.807, 2.05) is 6.07 Å². The van der Waals surface area contributed by atoms with Crippen molar-refractivity contribution in [3.8, 4) is 0 Å². The number of rotatable bonds is 9. The second kappa shape index (κ2) is 11.1. The van der Waals surface area contributed by atoms with Crippen LogP contribution < -0.4 is 5.32 Å². The van der Waals surface area contributed by atoms with Crippen LogP contribution in [0.5, 0.6) is 0 Å². The minimum absolute atomic E-state index is 0.0235. The fourth-order valence-corrected chi connectivity index (χ4v) is 7.19. The molecule has 1 aromatic heterocycles. The molecule has 0 spiro atoms. The van der Waals surface area contributed by atoms with Gasteiger partial charge in [0.05, 0.1) is 30.9 Å². The quantitative estimate of drug-likeness (QED) is 0.549. The Morgan fingerprint density at radius 2 is 1.82 bits per heavy atom. The summed E-state index contributed by atoms with van der Waals surface area (Å²) in [6.45, 7) is 4.75. The molecule has 2 fully saturated rings. The fraction of sp³-hybridized carbons (Fsp3) is 0.593. The Morgan fingerprint density at radius 3 is 2.41 bits per heavy atom. The molecule has 0 bridgehead atoms. The van der Waals surface area contributed by atoms with Crippen LogP contribution in [0.3, 0.4) is 0 Å². The first kappa shape index (κ1) is 25.0. The number of sulfone groups is 1. The van der Waals surface area contributed by atoms with Crippen molar-refractivity contribution in [3.05, 3.63) is 59.5 Å². The number of nitrogens with one attached hydrogen (secondary N) is 1. The lowest BCUT2D eigenvalue weighted by Gasteiger charge is -2.30. The van der Waals surface area contributed by atoms with Gasteiger partial charge in [0, 0.05) is 12.1 Å². The molecule has 0 radical (unpaired) electrons. The summed E-state index contributed by atoms with van der Waals surface area (Å²) in [6, 6.07) is 12.3. The van der Waals surface area contributed by atoms with Gasteiger partial charge in [-0.3, -0.25) is 4.79 Å². The standard InChI is InChI=1S/C27H38N2O4S/c1-20(2)27(23-12-10-22(11-13-23)21-7-4-3-5-8-21)28-17-26(30)29(18-25-9-6-15-33-25)24-14-16-34(31,32)19-24/h6,9-13,15,20-21,24,27-28H,3-5,7-8,14,16-19H2,1-2H3. The van der Waals surface area contributed by atoms with Gasteiger partial charge in [0.25, 0.3) is 0 Å². The maximum atomic E-state index is 13.3. The van der Waals surface area contributed by atoms with E-state index in [1.54, 1.807) is 17.2 Å². The first-order valence-corrected chi connectivity index (χ1v) is 14.5. The molecule has 1 N–H and O–H groups in total. The van der Waals surface area contributed by atoms with Crippen LogP contribution in [0.4, 0.5) is 0 Å². The van der Waals surface area contributed by atoms with Gasteiger partial charge in [-0.1, -0.05) is 57.4 Å². The zero-order chi connectivity index (χ0) is 24.1. The van der Waals surface area contributed by atoms with E-state index in [4.69, 9.17) is 4.42 Å². The normalized spacial score (nSPS) is 21.6. The molecular weight excluding hydrogens is 448 g/mol. The molecule has 1 aliphatic heterocycles. The van der Waals surface area contributed by atoms with Crippen molar-refractivity contribution in [3.63, 3.8) is 0 Å². The Hall–Kier alpha value is -2.12. The van der Waals surface area contributed by atoms with E-state index in [0.717, 1.165) is 0 Å². The number of carbonyl (C=O) groups is 1. The van der Waals surface area contributed by atoms with Crippen LogP contribution in [0, 0.1) is 5.92 Å². The highest BCUT2D eigenvalue weighted by Gasteiger charge is 2.35. The van der Waals surface area contributed by atoms with Crippen LogP contribution >= 0.6 is 0 Å². The molecule has 1 aromatic carbocycles. The van der Waals surface area contributed by atoms with Crippen molar-refractivity contribution in [2.24, 2.45) is 5.92 Å². The number of hydrogen-bond donors (Lipinski definition) is 1. The minimum atomic E-state index is -3.10. The van der Waals surface area contributed by atoms with E-state index < -0.39 is 9.84 Å². The van der Waals surface area contributed by atoms with Crippen LogP contribution in [0.25, 0.3) is 0 Å². The van der Waals surface area contributed by atoms with Gasteiger partial charge < -0.3 is 14.6 Å². The number of furan rings is 1. The summed E-state index contributed by atoms with van der Waals surface area (Å²) in [6.07, 6.45) is 8.61. The maximum Gasteiger partial charge on any atom is 0.237 e. The molecule has 1 amide bonds. The fourth-order valence-electron chi connectivity index (χ4n) is 5.46. The minimum Gasteiger partial charge on any atom is -0.467 e. The molecule has 2 heterocycles. The maximum absolute atomic E-state index is 13.3. The first-order valence-electron chi connectivity index (χ1n) is 12.7. The van der Waals surface area contributed by atoms with Gasteiger partial charge in [0.2, 0.25) is 5.91 Å². The van der Waals surface area contributed by atoms with Gasteiger partial charge >= 0.3 is 0 Å². The van der Waals surface area contributed by atoms with E-state index >= 15 is 0 Å². The number of benzene rings is 1. The molecule has 7 heteroatoms. The molecule has 2 aromatic rings. The van der Waals surface area contributed by atoms with E-state index in [9.17, 15) is 13.2 Å². The summed E-state index contributed by atoms with van der Waals surface area (Å²) in [5.41, 5.74) is 2.61. The van der Waals surface area contributed by atoms with E-state index in [1.165, 1.54) is 43.2 Å². The largest absolute Gasteiger partial charge is 0.467 e. The highest BCUT2D eigenvalue weighted by Crippen LogP contribution is 2.33. The van der Waals surface area contributed by atoms with Crippen molar-refractivity contribution in [1.29, 1.82) is 0 Å². The van der Waals surface area contributed by atoms with Gasteiger partial charge in [-0.05, 0) is 54.4 Å². The lowest BCUT2D eigenvalue weighted by Crippen LogP contribution is -2.45. The van der Waals surface area contributed by atoms with Crippen molar-refractivity contribution in [2.45, 2.75) is 76.9 Å². The summed E-state index contributed by atoms with van der Waals surface area (Å²) in [7, 11) is -3.10. The zero-order valence-corrected chi connectivity index (χ0v) is 21.2. The SMILES string of the molecule is CC(C)C(NCC(=O)N(Cc1ccco1)C1CCS(=O)(=O)C1)c1ccc(C2CCCCC2)cc1. The third-order valence-electron chi connectivity index (χ3n) is 7.39. The Balaban J connectivity index is 1.43. The summed E-state index contributed by atoms with van der Waals surface area (Å²) < 4.78 is 29.6. The van der Waals surface area contributed by atoms with Gasteiger partial charge in [0.1, 0.15) is 5.76 Å². The Labute approximate surface area is 204 Å². The van der Waals surface area contributed by atoms with Crippen LogP contribution in [0.2, 0.25) is 0 Å². The smallest absolute Gasteiger partial charge is 0.237 e. The van der Waals surface area contributed by atoms with E-state index in [0.29, 0.717) is 24.0 Å². The number of nitrogens with zero attached hydrogens (tertiary/aromatic N) is 1. The molecule has 4 rings (SSSR count). The summed E-state index contributed by atoms with van der Waals surface area (Å²) >= 11 is 0. The van der Waals surface area contributed by atoms with Crippen molar-refractivity contribution >= 4 is 15.7 Å². The van der Waals surface area contributed by atoms with Crippen molar-refractivity contribution < 1.29 is 17.6 Å². The van der Waals surface area contributed by atoms with E-state index in [-0.39, 0.29) is 42.6 Å². The molecule has 2 atom stereocenters. The molecule has 6 nitrogen and oxygen atoms in total.